The standard InChI is InChI=1S/C14H19N3O4/c18-13-5-1-3-10(13)12-9-21-8-7-16(12)14-11(17(19)20)4-2-6-15-14/h2,4,6,10,12-13,18H,1,3,5,7-9H2/t10-,12-,13+/m1/s1. The summed E-state index contributed by atoms with van der Waals surface area (Å²) in [5.41, 5.74) is 0.0110. The van der Waals surface area contributed by atoms with Crippen LogP contribution in [0.3, 0.4) is 0 Å². The molecular weight excluding hydrogens is 274 g/mol. The minimum absolute atomic E-state index is 0.0110. The normalized spacial score (nSPS) is 29.6. The number of morpholine rings is 1. The van der Waals surface area contributed by atoms with Crippen molar-refractivity contribution in [1.29, 1.82) is 0 Å². The number of ether oxygens (including phenoxy) is 1. The molecule has 1 aliphatic carbocycles. The Kier molecular flexibility index (Phi) is 4.03. The van der Waals surface area contributed by atoms with Gasteiger partial charge in [0.15, 0.2) is 0 Å². The molecule has 3 rings (SSSR count). The van der Waals surface area contributed by atoms with E-state index < -0.39 is 4.92 Å². The van der Waals surface area contributed by atoms with Gasteiger partial charge < -0.3 is 14.7 Å². The molecular formula is C14H19N3O4. The molecule has 21 heavy (non-hydrogen) atoms. The van der Waals surface area contributed by atoms with Crippen molar-refractivity contribution in [3.63, 3.8) is 0 Å². The number of hydrogen-bond donors (Lipinski definition) is 1. The molecule has 3 atom stereocenters. The zero-order chi connectivity index (χ0) is 14.8. The summed E-state index contributed by atoms with van der Waals surface area (Å²) in [6, 6.07) is 2.99. The zero-order valence-electron chi connectivity index (χ0n) is 11.7. The molecule has 7 heteroatoms. The first-order valence-electron chi connectivity index (χ1n) is 7.30. The van der Waals surface area contributed by atoms with Gasteiger partial charge in [0.1, 0.15) is 0 Å². The lowest BCUT2D eigenvalue weighted by atomic mass is 9.94. The van der Waals surface area contributed by atoms with Crippen LogP contribution < -0.4 is 4.90 Å². The molecule has 7 nitrogen and oxygen atoms in total. The molecule has 1 aliphatic heterocycles. The number of hydrogen-bond acceptors (Lipinski definition) is 6. The quantitative estimate of drug-likeness (QED) is 0.668. The topological polar surface area (TPSA) is 88.7 Å². The number of nitro groups is 1. The van der Waals surface area contributed by atoms with Gasteiger partial charge in [0.25, 0.3) is 0 Å². The van der Waals surface area contributed by atoms with Crippen LogP contribution in [0.4, 0.5) is 11.5 Å². The van der Waals surface area contributed by atoms with Gasteiger partial charge in [-0.25, -0.2) is 4.98 Å². The predicted molar refractivity (Wildman–Crippen MR) is 76.2 cm³/mol. The van der Waals surface area contributed by atoms with Gasteiger partial charge in [-0.05, 0) is 18.9 Å². The fraction of sp³-hybridized carbons (Fsp3) is 0.643. The smallest absolute Gasteiger partial charge is 0.311 e. The van der Waals surface area contributed by atoms with E-state index in [4.69, 9.17) is 4.74 Å². The molecule has 1 aromatic heterocycles. The van der Waals surface area contributed by atoms with Crippen LogP contribution in [0.2, 0.25) is 0 Å². The lowest BCUT2D eigenvalue weighted by Gasteiger charge is -2.40. The van der Waals surface area contributed by atoms with Gasteiger partial charge in [0, 0.05) is 24.7 Å². The van der Waals surface area contributed by atoms with Gasteiger partial charge in [-0.3, -0.25) is 10.1 Å². The second-order valence-corrected chi connectivity index (χ2v) is 5.60. The minimum Gasteiger partial charge on any atom is -0.393 e. The van der Waals surface area contributed by atoms with Crippen LogP contribution in [-0.2, 0) is 4.74 Å². The molecule has 0 radical (unpaired) electrons. The highest BCUT2D eigenvalue weighted by Gasteiger charge is 2.39. The maximum atomic E-state index is 11.2. The van der Waals surface area contributed by atoms with E-state index in [1.54, 1.807) is 12.3 Å². The number of aromatic nitrogens is 1. The third kappa shape index (κ3) is 2.71. The molecule has 114 valence electrons. The van der Waals surface area contributed by atoms with Gasteiger partial charge in [0.05, 0.1) is 30.3 Å². The van der Waals surface area contributed by atoms with Crippen LogP contribution in [-0.4, -0.2) is 46.9 Å². The third-order valence-electron chi connectivity index (χ3n) is 4.43. The Morgan fingerprint density at radius 3 is 3.05 bits per heavy atom. The van der Waals surface area contributed by atoms with Gasteiger partial charge in [-0.2, -0.15) is 0 Å². The van der Waals surface area contributed by atoms with Crippen molar-refractivity contribution in [3.05, 3.63) is 28.4 Å². The Morgan fingerprint density at radius 2 is 2.33 bits per heavy atom. The Labute approximate surface area is 122 Å². The second-order valence-electron chi connectivity index (χ2n) is 5.60. The predicted octanol–water partition coefficient (Wildman–Crippen LogP) is 1.36. The molecule has 2 fully saturated rings. The summed E-state index contributed by atoms with van der Waals surface area (Å²) in [7, 11) is 0. The molecule has 1 N–H and O–H groups in total. The number of rotatable bonds is 3. The monoisotopic (exact) mass is 293 g/mol. The number of aliphatic hydroxyl groups excluding tert-OH is 1. The first kappa shape index (κ1) is 14.2. The van der Waals surface area contributed by atoms with E-state index in [0.717, 1.165) is 19.3 Å². The molecule has 1 aromatic rings. The van der Waals surface area contributed by atoms with Crippen molar-refractivity contribution in [2.24, 2.45) is 5.92 Å². The number of nitrogens with zero attached hydrogens (tertiary/aromatic N) is 3. The summed E-state index contributed by atoms with van der Waals surface area (Å²) < 4.78 is 5.54. The first-order valence-corrected chi connectivity index (χ1v) is 7.30. The maximum Gasteiger partial charge on any atom is 0.311 e. The van der Waals surface area contributed by atoms with E-state index in [1.165, 1.54) is 6.07 Å². The van der Waals surface area contributed by atoms with E-state index >= 15 is 0 Å². The Bertz CT molecular complexity index is 525. The van der Waals surface area contributed by atoms with E-state index in [9.17, 15) is 15.2 Å². The molecule has 0 unspecified atom stereocenters. The molecule has 2 heterocycles. The fourth-order valence-corrected chi connectivity index (χ4v) is 3.41. The van der Waals surface area contributed by atoms with Crippen molar-refractivity contribution >= 4 is 11.5 Å². The van der Waals surface area contributed by atoms with E-state index in [1.807, 2.05) is 4.90 Å². The van der Waals surface area contributed by atoms with Gasteiger partial charge in [-0.1, -0.05) is 6.42 Å². The molecule has 1 saturated carbocycles. The summed E-state index contributed by atoms with van der Waals surface area (Å²) in [6.07, 6.45) is 3.91. The SMILES string of the molecule is O=[N+]([O-])c1cccnc1N1CCOC[C@@H]1[C@H]1CCC[C@@H]1O. The Morgan fingerprint density at radius 1 is 1.48 bits per heavy atom. The van der Waals surface area contributed by atoms with E-state index in [2.05, 4.69) is 4.98 Å². The van der Waals surface area contributed by atoms with Crippen LogP contribution in [0.5, 0.6) is 0 Å². The van der Waals surface area contributed by atoms with Crippen molar-refractivity contribution in [1.82, 2.24) is 4.98 Å². The van der Waals surface area contributed by atoms with Crippen LogP contribution in [0, 0.1) is 16.0 Å². The van der Waals surface area contributed by atoms with Gasteiger partial charge in [-0.15, -0.1) is 0 Å². The van der Waals surface area contributed by atoms with Crippen LogP contribution in [0.15, 0.2) is 18.3 Å². The molecule has 0 bridgehead atoms. The van der Waals surface area contributed by atoms with Crippen molar-refractivity contribution < 1.29 is 14.8 Å². The molecule has 0 aromatic carbocycles. The summed E-state index contributed by atoms with van der Waals surface area (Å²) >= 11 is 0. The van der Waals surface area contributed by atoms with Gasteiger partial charge in [0.2, 0.25) is 5.82 Å². The Balaban J connectivity index is 1.93. The van der Waals surface area contributed by atoms with Crippen molar-refractivity contribution in [2.45, 2.75) is 31.4 Å². The van der Waals surface area contributed by atoms with Crippen LogP contribution >= 0.6 is 0 Å². The average Bonchev–Trinajstić information content (AvgIpc) is 2.93. The zero-order valence-corrected chi connectivity index (χ0v) is 11.7. The highest BCUT2D eigenvalue weighted by molar-refractivity contribution is 5.58. The van der Waals surface area contributed by atoms with Crippen molar-refractivity contribution in [2.75, 3.05) is 24.7 Å². The fourth-order valence-electron chi connectivity index (χ4n) is 3.41. The van der Waals surface area contributed by atoms with E-state index in [-0.39, 0.29) is 23.8 Å². The molecule has 2 aliphatic rings. The molecule has 1 saturated heterocycles. The highest BCUT2D eigenvalue weighted by atomic mass is 16.6. The maximum absolute atomic E-state index is 11.2. The van der Waals surface area contributed by atoms with Gasteiger partial charge >= 0.3 is 5.69 Å². The molecule has 0 spiro atoms. The third-order valence-corrected chi connectivity index (χ3v) is 4.43. The largest absolute Gasteiger partial charge is 0.393 e. The highest BCUT2D eigenvalue weighted by Crippen LogP contribution is 2.36. The van der Waals surface area contributed by atoms with Crippen LogP contribution in [0.1, 0.15) is 19.3 Å². The lowest BCUT2D eigenvalue weighted by molar-refractivity contribution is -0.384. The summed E-state index contributed by atoms with van der Waals surface area (Å²) in [5.74, 6) is 0.474. The summed E-state index contributed by atoms with van der Waals surface area (Å²) in [5, 5.41) is 21.4. The number of aliphatic hydroxyl groups is 1. The summed E-state index contributed by atoms with van der Waals surface area (Å²) in [6.45, 7) is 1.56. The number of pyridine rings is 1. The Hall–Kier alpha value is -1.73. The van der Waals surface area contributed by atoms with Crippen molar-refractivity contribution in [3.8, 4) is 0 Å². The first-order chi connectivity index (χ1) is 10.2. The van der Waals surface area contributed by atoms with E-state index in [0.29, 0.717) is 25.6 Å². The van der Waals surface area contributed by atoms with Crippen LogP contribution in [0.25, 0.3) is 0 Å². The second kappa shape index (κ2) is 5.95. The minimum atomic E-state index is -0.403. The molecule has 0 amide bonds. The lowest BCUT2D eigenvalue weighted by Crippen LogP contribution is -2.51. The average molecular weight is 293 g/mol. The number of anilines is 1. The summed E-state index contributed by atoms with van der Waals surface area (Å²) in [4.78, 5) is 17.0.